The van der Waals surface area contributed by atoms with Gasteiger partial charge in [-0.1, -0.05) is 0 Å². The van der Waals surface area contributed by atoms with Crippen molar-refractivity contribution in [3.63, 3.8) is 0 Å². The number of nitrogens with zero attached hydrogens (tertiary/aromatic N) is 2. The van der Waals surface area contributed by atoms with E-state index in [1.807, 2.05) is 19.1 Å². The summed E-state index contributed by atoms with van der Waals surface area (Å²) < 4.78 is 1.41. The van der Waals surface area contributed by atoms with E-state index in [9.17, 15) is 9.59 Å². The maximum atomic E-state index is 12.4. The van der Waals surface area contributed by atoms with Crippen LogP contribution in [0.5, 0.6) is 0 Å². The van der Waals surface area contributed by atoms with Crippen LogP contribution < -0.4 is 16.2 Å². The first-order valence-electron chi connectivity index (χ1n) is 8.12. The summed E-state index contributed by atoms with van der Waals surface area (Å²) in [5, 5.41) is 6.21. The summed E-state index contributed by atoms with van der Waals surface area (Å²) in [5.41, 5.74) is 1.34. The standard InChI is InChI=1S/C17H22N4O2/c1-12-5-8-21-15(9-12)20-11-14(17(21)23)16(22)19-7-4-13-3-2-6-18-10-13/h5,8-9,11,13,18H,2-4,6-7,10H2,1H3,(H,19,22). The Morgan fingerprint density at radius 3 is 3.17 bits per heavy atom. The number of rotatable bonds is 4. The summed E-state index contributed by atoms with van der Waals surface area (Å²) >= 11 is 0. The number of pyridine rings is 1. The zero-order chi connectivity index (χ0) is 16.2. The Hall–Kier alpha value is -2.21. The molecule has 0 aromatic carbocycles. The van der Waals surface area contributed by atoms with E-state index in [-0.39, 0.29) is 17.0 Å². The number of piperidine rings is 1. The fourth-order valence-electron chi connectivity index (χ4n) is 2.99. The van der Waals surface area contributed by atoms with Gasteiger partial charge < -0.3 is 10.6 Å². The fourth-order valence-corrected chi connectivity index (χ4v) is 2.99. The van der Waals surface area contributed by atoms with Crippen molar-refractivity contribution < 1.29 is 4.79 Å². The first-order chi connectivity index (χ1) is 11.1. The van der Waals surface area contributed by atoms with E-state index in [4.69, 9.17) is 0 Å². The zero-order valence-electron chi connectivity index (χ0n) is 13.3. The molecule has 2 aromatic heterocycles. The summed E-state index contributed by atoms with van der Waals surface area (Å²) in [6, 6.07) is 3.65. The number of hydrogen-bond donors (Lipinski definition) is 2. The van der Waals surface area contributed by atoms with Crippen molar-refractivity contribution in [2.45, 2.75) is 26.2 Å². The predicted octanol–water partition coefficient (Wildman–Crippen LogP) is 1.12. The molecular formula is C17H22N4O2. The summed E-state index contributed by atoms with van der Waals surface area (Å²) in [6.07, 6.45) is 6.34. The minimum absolute atomic E-state index is 0.0909. The lowest BCUT2D eigenvalue weighted by molar-refractivity contribution is 0.0948. The topological polar surface area (TPSA) is 75.5 Å². The first-order valence-corrected chi connectivity index (χ1v) is 8.12. The number of amides is 1. The van der Waals surface area contributed by atoms with Crippen molar-refractivity contribution in [1.29, 1.82) is 0 Å². The molecule has 1 fully saturated rings. The predicted molar refractivity (Wildman–Crippen MR) is 88.7 cm³/mol. The molecule has 6 nitrogen and oxygen atoms in total. The van der Waals surface area contributed by atoms with E-state index < -0.39 is 0 Å². The average molecular weight is 314 g/mol. The van der Waals surface area contributed by atoms with E-state index in [0.717, 1.165) is 25.1 Å². The minimum atomic E-state index is -0.346. The molecule has 1 atom stereocenters. The number of aromatic nitrogens is 2. The first kappa shape index (κ1) is 15.7. The third kappa shape index (κ3) is 3.59. The monoisotopic (exact) mass is 314 g/mol. The zero-order valence-corrected chi connectivity index (χ0v) is 13.3. The van der Waals surface area contributed by atoms with Gasteiger partial charge >= 0.3 is 0 Å². The minimum Gasteiger partial charge on any atom is -0.352 e. The van der Waals surface area contributed by atoms with E-state index in [2.05, 4.69) is 15.6 Å². The lowest BCUT2D eigenvalue weighted by Gasteiger charge is -2.22. The molecular weight excluding hydrogens is 292 g/mol. The Morgan fingerprint density at radius 2 is 2.39 bits per heavy atom. The maximum Gasteiger partial charge on any atom is 0.270 e. The van der Waals surface area contributed by atoms with Gasteiger partial charge in [-0.3, -0.25) is 14.0 Å². The fraction of sp³-hybridized carbons (Fsp3) is 0.471. The molecule has 1 aliphatic heterocycles. The number of aryl methyl sites for hydroxylation is 1. The molecule has 2 aromatic rings. The number of nitrogens with one attached hydrogen (secondary N) is 2. The van der Waals surface area contributed by atoms with Gasteiger partial charge in [0.2, 0.25) is 0 Å². The molecule has 122 valence electrons. The van der Waals surface area contributed by atoms with Crippen molar-refractivity contribution in [2.24, 2.45) is 5.92 Å². The van der Waals surface area contributed by atoms with Crippen molar-refractivity contribution >= 4 is 11.6 Å². The molecule has 0 radical (unpaired) electrons. The lowest BCUT2D eigenvalue weighted by atomic mass is 9.96. The highest BCUT2D eigenvalue weighted by molar-refractivity contribution is 5.93. The highest BCUT2D eigenvalue weighted by atomic mass is 16.2. The van der Waals surface area contributed by atoms with E-state index >= 15 is 0 Å². The number of hydrogen-bond acceptors (Lipinski definition) is 4. The Morgan fingerprint density at radius 1 is 1.52 bits per heavy atom. The van der Waals surface area contributed by atoms with Gasteiger partial charge in [0.25, 0.3) is 11.5 Å². The molecule has 2 N–H and O–H groups in total. The van der Waals surface area contributed by atoms with E-state index in [0.29, 0.717) is 18.1 Å². The van der Waals surface area contributed by atoms with Crippen LogP contribution in [0.1, 0.15) is 35.2 Å². The molecule has 1 unspecified atom stereocenters. The van der Waals surface area contributed by atoms with Gasteiger partial charge in [-0.2, -0.15) is 0 Å². The number of carbonyl (C=O) groups is 1. The molecule has 1 aliphatic rings. The normalized spacial score (nSPS) is 18.0. The van der Waals surface area contributed by atoms with Crippen molar-refractivity contribution in [1.82, 2.24) is 20.0 Å². The third-order valence-corrected chi connectivity index (χ3v) is 4.35. The van der Waals surface area contributed by atoms with Gasteiger partial charge in [0.1, 0.15) is 11.2 Å². The Labute approximate surface area is 134 Å². The molecule has 0 aliphatic carbocycles. The summed E-state index contributed by atoms with van der Waals surface area (Å²) in [6.45, 7) is 4.62. The van der Waals surface area contributed by atoms with Crippen LogP contribution in [0.3, 0.4) is 0 Å². The highest BCUT2D eigenvalue weighted by Crippen LogP contribution is 2.12. The van der Waals surface area contributed by atoms with Crippen molar-refractivity contribution in [3.8, 4) is 0 Å². The highest BCUT2D eigenvalue weighted by Gasteiger charge is 2.15. The Bertz CT molecular complexity index is 763. The second kappa shape index (κ2) is 6.91. The van der Waals surface area contributed by atoms with Crippen LogP contribution in [0.25, 0.3) is 5.65 Å². The van der Waals surface area contributed by atoms with Crippen LogP contribution in [-0.2, 0) is 0 Å². The largest absolute Gasteiger partial charge is 0.352 e. The summed E-state index contributed by atoms with van der Waals surface area (Å²) in [7, 11) is 0. The van der Waals surface area contributed by atoms with Crippen LogP contribution >= 0.6 is 0 Å². The lowest BCUT2D eigenvalue weighted by Crippen LogP contribution is -2.35. The number of carbonyl (C=O) groups excluding carboxylic acids is 1. The van der Waals surface area contributed by atoms with Gasteiger partial charge in [0.05, 0.1) is 0 Å². The molecule has 3 rings (SSSR count). The van der Waals surface area contributed by atoms with Crippen LogP contribution in [0.4, 0.5) is 0 Å². The quantitative estimate of drug-likeness (QED) is 0.887. The summed E-state index contributed by atoms with van der Waals surface area (Å²) in [5.74, 6) is 0.254. The maximum absolute atomic E-state index is 12.4. The van der Waals surface area contributed by atoms with Gasteiger partial charge in [-0.25, -0.2) is 4.98 Å². The second-order valence-corrected chi connectivity index (χ2v) is 6.17. The molecule has 0 bridgehead atoms. The van der Waals surface area contributed by atoms with Crippen LogP contribution in [0, 0.1) is 12.8 Å². The smallest absolute Gasteiger partial charge is 0.270 e. The number of fused-ring (bicyclic) bond motifs is 1. The molecule has 1 saturated heterocycles. The molecule has 0 saturated carbocycles. The average Bonchev–Trinajstić information content (AvgIpc) is 2.56. The SMILES string of the molecule is Cc1ccn2c(=O)c(C(=O)NCCC3CCCNC3)cnc2c1. The van der Waals surface area contributed by atoms with Crippen LogP contribution in [0.15, 0.2) is 29.3 Å². The third-order valence-electron chi connectivity index (χ3n) is 4.35. The molecule has 3 heterocycles. The van der Waals surface area contributed by atoms with Gasteiger partial charge in [0, 0.05) is 18.9 Å². The van der Waals surface area contributed by atoms with Gasteiger partial charge in [0.15, 0.2) is 0 Å². The van der Waals surface area contributed by atoms with E-state index in [1.165, 1.54) is 23.4 Å². The van der Waals surface area contributed by atoms with Crippen molar-refractivity contribution in [3.05, 3.63) is 46.0 Å². The molecule has 0 spiro atoms. The van der Waals surface area contributed by atoms with Crippen molar-refractivity contribution in [2.75, 3.05) is 19.6 Å². The second-order valence-electron chi connectivity index (χ2n) is 6.17. The molecule has 6 heteroatoms. The van der Waals surface area contributed by atoms with E-state index in [1.54, 1.807) is 6.20 Å². The molecule has 23 heavy (non-hydrogen) atoms. The van der Waals surface area contributed by atoms with Gasteiger partial charge in [-0.15, -0.1) is 0 Å². The Kier molecular flexibility index (Phi) is 4.71. The molecule has 1 amide bonds. The summed E-state index contributed by atoms with van der Waals surface area (Å²) in [4.78, 5) is 28.8. The Balaban J connectivity index is 1.67. The van der Waals surface area contributed by atoms with Gasteiger partial charge in [-0.05, 0) is 62.9 Å². The van der Waals surface area contributed by atoms with Crippen LogP contribution in [0.2, 0.25) is 0 Å². The van der Waals surface area contributed by atoms with Crippen LogP contribution in [-0.4, -0.2) is 34.9 Å².